The minimum Gasteiger partial charge on any atom is -0.351 e. The van der Waals surface area contributed by atoms with Crippen molar-refractivity contribution in [3.8, 4) is 0 Å². The van der Waals surface area contributed by atoms with Crippen LogP contribution in [0.1, 0.15) is 15.9 Å². The fourth-order valence-electron chi connectivity index (χ4n) is 2.58. The summed E-state index contributed by atoms with van der Waals surface area (Å²) in [5.74, 6) is -0.132. The van der Waals surface area contributed by atoms with Gasteiger partial charge < -0.3 is 5.32 Å². The maximum Gasteiger partial charge on any atom is 0.227 e. The van der Waals surface area contributed by atoms with Gasteiger partial charge in [-0.3, -0.25) is 9.59 Å². The lowest BCUT2D eigenvalue weighted by molar-refractivity contribution is -0.106. The van der Waals surface area contributed by atoms with E-state index in [2.05, 4.69) is 21.2 Å². The van der Waals surface area contributed by atoms with Crippen molar-refractivity contribution in [2.75, 3.05) is 5.32 Å². The van der Waals surface area contributed by atoms with Crippen LogP contribution in [0.25, 0.3) is 5.57 Å². The summed E-state index contributed by atoms with van der Waals surface area (Å²) < 4.78 is 0.843. The van der Waals surface area contributed by atoms with Gasteiger partial charge in [0, 0.05) is 26.2 Å². The third-order valence-corrected chi connectivity index (χ3v) is 4.98. The highest BCUT2D eigenvalue weighted by Crippen LogP contribution is 2.44. The number of nitrogens with one attached hydrogen (secondary N) is 1. The van der Waals surface area contributed by atoms with Crippen LogP contribution in [0.2, 0.25) is 0 Å². The highest BCUT2D eigenvalue weighted by molar-refractivity contribution is 9.10. The van der Waals surface area contributed by atoms with Crippen molar-refractivity contribution in [1.29, 1.82) is 0 Å². The summed E-state index contributed by atoms with van der Waals surface area (Å²) in [6.45, 7) is 0. The minimum atomic E-state index is -0.132. The van der Waals surface area contributed by atoms with E-state index in [1.807, 2.05) is 36.4 Å². The zero-order valence-corrected chi connectivity index (χ0v) is 13.0. The summed E-state index contributed by atoms with van der Waals surface area (Å²) in [5.41, 5.74) is 3.02. The molecule has 2 aromatic carbocycles. The molecule has 0 radical (unpaired) electrons. The lowest BCUT2D eigenvalue weighted by Crippen LogP contribution is -2.07. The summed E-state index contributed by atoms with van der Waals surface area (Å²) in [7, 11) is 0. The van der Waals surface area contributed by atoms with Crippen molar-refractivity contribution in [2.45, 2.75) is 4.90 Å². The molecule has 0 bridgehead atoms. The number of fused-ring (bicyclic) bond motifs is 2. The van der Waals surface area contributed by atoms with E-state index in [4.69, 9.17) is 0 Å². The molecule has 21 heavy (non-hydrogen) atoms. The molecular weight excluding hydrogens is 350 g/mol. The molecule has 5 heteroatoms. The third-order valence-electron chi connectivity index (χ3n) is 3.53. The molecule has 0 aliphatic carbocycles. The second-order valence-electron chi connectivity index (χ2n) is 4.78. The number of carbonyl (C=O) groups is 2. The number of thioether (sulfide) groups is 1. The van der Waals surface area contributed by atoms with Gasteiger partial charge in [-0.05, 0) is 36.0 Å². The Bertz CT molecular complexity index is 857. The first-order chi connectivity index (χ1) is 10.1. The summed E-state index contributed by atoms with van der Waals surface area (Å²) in [4.78, 5) is 25.8. The Balaban J connectivity index is 1.92. The van der Waals surface area contributed by atoms with Crippen LogP contribution in [0.5, 0.6) is 0 Å². The van der Waals surface area contributed by atoms with Crippen molar-refractivity contribution < 1.29 is 9.59 Å². The largest absolute Gasteiger partial charge is 0.351 e. The Hall–Kier alpha value is -1.85. The monoisotopic (exact) mass is 357 g/mol. The molecule has 2 aromatic rings. The van der Waals surface area contributed by atoms with Crippen molar-refractivity contribution in [3.05, 3.63) is 63.8 Å². The lowest BCUT2D eigenvalue weighted by Gasteiger charge is -2.03. The normalized spacial score (nSPS) is 19.5. The molecule has 0 spiro atoms. The number of allylic oxidation sites excluding steroid dienone is 1. The van der Waals surface area contributed by atoms with E-state index >= 15 is 0 Å². The average molecular weight is 358 g/mol. The van der Waals surface area contributed by atoms with Gasteiger partial charge in [0.2, 0.25) is 10.9 Å². The zero-order chi connectivity index (χ0) is 14.6. The molecule has 0 aromatic heterocycles. The van der Waals surface area contributed by atoms with Gasteiger partial charge in [0.1, 0.15) is 0 Å². The van der Waals surface area contributed by atoms with Crippen molar-refractivity contribution in [2.24, 2.45) is 0 Å². The number of halogens is 1. The number of hydrogen-bond donors (Lipinski definition) is 1. The van der Waals surface area contributed by atoms with Gasteiger partial charge in [0.05, 0.1) is 11.3 Å². The van der Waals surface area contributed by atoms with E-state index in [9.17, 15) is 9.59 Å². The second kappa shape index (κ2) is 4.58. The molecule has 0 amide bonds. The molecule has 0 saturated heterocycles. The average Bonchev–Trinajstić information content (AvgIpc) is 2.96. The van der Waals surface area contributed by atoms with Crippen LogP contribution in [0, 0.1) is 0 Å². The lowest BCUT2D eigenvalue weighted by atomic mass is 10.0. The van der Waals surface area contributed by atoms with Crippen LogP contribution in [-0.4, -0.2) is 10.9 Å². The Morgan fingerprint density at radius 2 is 1.81 bits per heavy atom. The van der Waals surface area contributed by atoms with E-state index in [1.54, 1.807) is 6.07 Å². The number of carbonyl (C=O) groups excluding carboxylic acids is 2. The Labute approximate surface area is 133 Å². The quantitative estimate of drug-likeness (QED) is 0.721. The smallest absolute Gasteiger partial charge is 0.227 e. The summed E-state index contributed by atoms with van der Waals surface area (Å²) in [6, 6.07) is 13.0. The first kappa shape index (κ1) is 12.9. The molecule has 1 N–H and O–H groups in total. The van der Waals surface area contributed by atoms with E-state index in [1.165, 1.54) is 11.8 Å². The van der Waals surface area contributed by atoms with Crippen LogP contribution in [0.15, 0.2) is 57.5 Å². The van der Waals surface area contributed by atoms with Crippen LogP contribution < -0.4 is 5.32 Å². The van der Waals surface area contributed by atoms with Crippen LogP contribution >= 0.6 is 27.7 Å². The topological polar surface area (TPSA) is 46.2 Å². The van der Waals surface area contributed by atoms with Gasteiger partial charge in [0.25, 0.3) is 0 Å². The number of hydrogen-bond acceptors (Lipinski definition) is 4. The summed E-state index contributed by atoms with van der Waals surface area (Å²) in [6.07, 6.45) is 0. The molecule has 4 rings (SSSR count). The first-order valence-corrected chi connectivity index (χ1v) is 7.93. The highest BCUT2D eigenvalue weighted by atomic mass is 79.9. The van der Waals surface area contributed by atoms with E-state index in [0.29, 0.717) is 16.8 Å². The van der Waals surface area contributed by atoms with Crippen LogP contribution in [-0.2, 0) is 4.79 Å². The number of ketones is 1. The van der Waals surface area contributed by atoms with Gasteiger partial charge in [-0.1, -0.05) is 34.1 Å². The molecule has 2 aliphatic heterocycles. The van der Waals surface area contributed by atoms with E-state index in [-0.39, 0.29) is 10.9 Å². The van der Waals surface area contributed by atoms with Crippen LogP contribution in [0.3, 0.4) is 0 Å². The van der Waals surface area contributed by atoms with Crippen molar-refractivity contribution in [1.82, 2.24) is 0 Å². The van der Waals surface area contributed by atoms with Crippen LogP contribution in [0.4, 0.5) is 5.69 Å². The number of Topliss-reactive ketones (excluding diaryl/α,β-unsaturated/α-hetero) is 1. The van der Waals surface area contributed by atoms with Gasteiger partial charge in [-0.25, -0.2) is 0 Å². The maximum atomic E-state index is 12.6. The predicted molar refractivity (Wildman–Crippen MR) is 86.3 cm³/mol. The molecule has 3 nitrogen and oxygen atoms in total. The van der Waals surface area contributed by atoms with E-state index < -0.39 is 0 Å². The van der Waals surface area contributed by atoms with Gasteiger partial charge in [-0.2, -0.15) is 0 Å². The molecule has 0 unspecified atom stereocenters. The minimum absolute atomic E-state index is 0.0843. The molecule has 2 heterocycles. The molecular formula is C16H8BrNO2S. The fraction of sp³-hybridized carbons (Fsp3) is 0. The number of benzene rings is 2. The first-order valence-electron chi connectivity index (χ1n) is 6.32. The van der Waals surface area contributed by atoms with Gasteiger partial charge >= 0.3 is 0 Å². The number of anilines is 1. The van der Waals surface area contributed by atoms with E-state index in [0.717, 1.165) is 20.6 Å². The Kier molecular flexibility index (Phi) is 2.80. The second-order valence-corrected chi connectivity index (χ2v) is 6.71. The molecule has 102 valence electrons. The molecule has 0 atom stereocenters. The zero-order valence-electron chi connectivity index (χ0n) is 10.6. The van der Waals surface area contributed by atoms with Crippen molar-refractivity contribution in [3.63, 3.8) is 0 Å². The molecule has 2 aliphatic rings. The highest BCUT2D eigenvalue weighted by Gasteiger charge is 2.35. The third kappa shape index (κ3) is 1.88. The summed E-state index contributed by atoms with van der Waals surface area (Å²) >= 11 is 4.54. The fourth-order valence-corrected chi connectivity index (χ4v) is 3.88. The molecule has 0 saturated carbocycles. The van der Waals surface area contributed by atoms with Crippen molar-refractivity contribution >= 4 is 49.9 Å². The number of rotatable bonds is 0. The SMILES string of the molecule is O=C1Sc2ccccc2/C1=C1/Nc2ccc(Br)cc2C1=O. The maximum absolute atomic E-state index is 12.6. The van der Waals surface area contributed by atoms with Gasteiger partial charge in [0.15, 0.2) is 0 Å². The van der Waals surface area contributed by atoms with Gasteiger partial charge in [-0.15, -0.1) is 0 Å². The predicted octanol–water partition coefficient (Wildman–Crippen LogP) is 4.10. The standard InChI is InChI=1S/C16H8BrNO2S/c17-8-5-6-11-10(7-8)15(19)14(18-11)13-9-3-1-2-4-12(9)21-16(13)20/h1-7,18H/b14-13-. The Morgan fingerprint density at radius 1 is 1.00 bits per heavy atom. The Morgan fingerprint density at radius 3 is 2.67 bits per heavy atom. The summed E-state index contributed by atoms with van der Waals surface area (Å²) in [5, 5.41) is 3.02. The molecule has 0 fully saturated rings.